The molecule has 0 heterocycles. The van der Waals surface area contributed by atoms with Gasteiger partial charge in [0.1, 0.15) is 29.2 Å². The number of nitrogens with two attached hydrogens (primary N) is 1. The summed E-state index contributed by atoms with van der Waals surface area (Å²) >= 11 is 0. The van der Waals surface area contributed by atoms with Crippen LogP contribution in [0.2, 0.25) is 0 Å². The van der Waals surface area contributed by atoms with Crippen LogP contribution >= 0.6 is 0 Å². The summed E-state index contributed by atoms with van der Waals surface area (Å²) in [5.74, 6) is -5.54. The molecule has 4 fully saturated rings. The molecule has 4 aliphatic rings. The summed E-state index contributed by atoms with van der Waals surface area (Å²) in [4.78, 5) is 37.8. The third-order valence-electron chi connectivity index (χ3n) is 8.93. The van der Waals surface area contributed by atoms with Gasteiger partial charge in [-0.2, -0.15) is 0 Å². The number of rotatable bonds is 4. The monoisotopic (exact) mass is 437 g/mol. The maximum atomic E-state index is 13.6. The molecule has 0 aromatic rings. The van der Waals surface area contributed by atoms with Crippen molar-refractivity contribution in [2.45, 2.75) is 82.2 Å². The largest absolute Gasteiger partial charge is 0.392 e. The molecule has 4 saturated carbocycles. The topological polar surface area (TPSA) is 158 Å². The summed E-state index contributed by atoms with van der Waals surface area (Å²) < 4.78 is 0. The first kappa shape index (κ1) is 22.8. The summed E-state index contributed by atoms with van der Waals surface area (Å²) in [6.07, 6.45) is 1.11. The van der Waals surface area contributed by atoms with Crippen molar-refractivity contribution in [2.24, 2.45) is 47.2 Å². The average molecular weight is 438 g/mol. The van der Waals surface area contributed by atoms with Gasteiger partial charge < -0.3 is 26.2 Å². The Labute approximate surface area is 182 Å². The molecule has 0 aliphatic heterocycles. The van der Waals surface area contributed by atoms with Crippen LogP contribution in [0.4, 0.5) is 0 Å². The lowest BCUT2D eigenvalue weighted by molar-refractivity contribution is -0.247. The van der Waals surface area contributed by atoms with E-state index < -0.39 is 59.3 Å². The maximum absolute atomic E-state index is 13.6. The molecule has 8 unspecified atom stereocenters. The second-order valence-electron chi connectivity index (χ2n) is 10.4. The van der Waals surface area contributed by atoms with Crippen molar-refractivity contribution in [2.75, 3.05) is 0 Å². The van der Waals surface area contributed by atoms with Gasteiger partial charge in [0.2, 0.25) is 5.91 Å². The molecule has 0 saturated heterocycles. The standard InChI is InChI=1S/C23H35NO7/c1-2-3-4-10-5-6-14(25)17-13(10)8-11-7-12-9-15(26)18(22(24)30)21(29)23(12,31)20(28)16(11)19(17)27/h10-14,16-18,20-21,25,28-29,31H,2-9H2,1H3,(H2,24,30)/t10?,11-,12+,13?,14?,16?,17?,18?,20?,21?,23+/m1/s1. The van der Waals surface area contributed by atoms with Crippen molar-refractivity contribution < 1.29 is 34.8 Å². The van der Waals surface area contributed by atoms with Gasteiger partial charge in [-0.15, -0.1) is 0 Å². The van der Waals surface area contributed by atoms with Crippen LogP contribution in [0.5, 0.6) is 0 Å². The molecule has 4 rings (SSSR count). The molecule has 4 aliphatic carbocycles. The minimum absolute atomic E-state index is 0.0324. The normalized spacial score (nSPS) is 49.7. The Morgan fingerprint density at radius 3 is 2.45 bits per heavy atom. The number of aliphatic hydroxyl groups is 4. The molecule has 11 atom stereocenters. The van der Waals surface area contributed by atoms with E-state index >= 15 is 0 Å². The number of fused-ring (bicyclic) bond motifs is 3. The molecule has 6 N–H and O–H groups in total. The fourth-order valence-electron chi connectivity index (χ4n) is 7.40. The van der Waals surface area contributed by atoms with Crippen molar-refractivity contribution >= 4 is 17.5 Å². The van der Waals surface area contributed by atoms with Crippen LogP contribution < -0.4 is 5.73 Å². The highest BCUT2D eigenvalue weighted by Gasteiger charge is 2.67. The molecular weight excluding hydrogens is 402 g/mol. The Morgan fingerprint density at radius 1 is 1.10 bits per heavy atom. The molecule has 0 bridgehead atoms. The Balaban J connectivity index is 1.65. The highest BCUT2D eigenvalue weighted by atomic mass is 16.4. The van der Waals surface area contributed by atoms with Crippen molar-refractivity contribution in [3.63, 3.8) is 0 Å². The van der Waals surface area contributed by atoms with Crippen LogP contribution in [0, 0.1) is 41.4 Å². The van der Waals surface area contributed by atoms with Gasteiger partial charge in [-0.3, -0.25) is 14.4 Å². The number of carbonyl (C=O) groups excluding carboxylic acids is 3. The van der Waals surface area contributed by atoms with Crippen molar-refractivity contribution in [1.29, 1.82) is 0 Å². The van der Waals surface area contributed by atoms with Gasteiger partial charge in [0.05, 0.1) is 12.2 Å². The number of Topliss-reactive ketones (excluding diaryl/α,β-unsaturated/α-hetero) is 2. The second kappa shape index (κ2) is 8.21. The Morgan fingerprint density at radius 2 is 1.81 bits per heavy atom. The number of hydrogen-bond acceptors (Lipinski definition) is 7. The minimum atomic E-state index is -2.15. The fraction of sp³-hybridized carbons (Fsp3) is 0.870. The first-order valence-electron chi connectivity index (χ1n) is 11.7. The van der Waals surface area contributed by atoms with Crippen molar-refractivity contribution in [3.05, 3.63) is 0 Å². The van der Waals surface area contributed by atoms with E-state index in [1.54, 1.807) is 0 Å². The summed E-state index contributed by atoms with van der Waals surface area (Å²) in [6.45, 7) is 2.13. The van der Waals surface area contributed by atoms with Crippen LogP contribution in [0.3, 0.4) is 0 Å². The number of amides is 1. The van der Waals surface area contributed by atoms with Gasteiger partial charge in [0, 0.05) is 24.2 Å². The van der Waals surface area contributed by atoms with E-state index in [0.29, 0.717) is 25.2 Å². The lowest BCUT2D eigenvalue weighted by Gasteiger charge is -2.58. The maximum Gasteiger partial charge on any atom is 0.230 e. The van der Waals surface area contributed by atoms with E-state index in [2.05, 4.69) is 6.92 Å². The first-order valence-corrected chi connectivity index (χ1v) is 11.7. The van der Waals surface area contributed by atoms with E-state index in [1.807, 2.05) is 0 Å². The average Bonchev–Trinajstić information content (AvgIpc) is 2.70. The SMILES string of the molecule is CCCCC1CCC(O)C2C(=O)C3C(O)[C@]4(O)C(O)C(C(N)=O)C(=O)C[C@@H]4C[C@@H]3CC12. The van der Waals surface area contributed by atoms with Gasteiger partial charge in [-0.1, -0.05) is 26.2 Å². The van der Waals surface area contributed by atoms with E-state index in [0.717, 1.165) is 25.7 Å². The molecular formula is C23H35NO7. The van der Waals surface area contributed by atoms with Crippen LogP contribution in [0.15, 0.2) is 0 Å². The smallest absolute Gasteiger partial charge is 0.230 e. The molecule has 0 aromatic carbocycles. The number of aliphatic hydroxyl groups excluding tert-OH is 3. The zero-order chi connectivity index (χ0) is 22.7. The van der Waals surface area contributed by atoms with Crippen LogP contribution in [-0.2, 0) is 14.4 Å². The Hall–Kier alpha value is -1.35. The fourth-order valence-corrected chi connectivity index (χ4v) is 7.40. The number of unbranched alkanes of at least 4 members (excludes halogenated alkanes) is 1. The van der Waals surface area contributed by atoms with Gasteiger partial charge in [-0.25, -0.2) is 0 Å². The number of hydrogen-bond donors (Lipinski definition) is 5. The molecule has 174 valence electrons. The first-order chi connectivity index (χ1) is 14.6. The molecule has 0 radical (unpaired) electrons. The Bertz CT molecular complexity index is 754. The lowest BCUT2D eigenvalue weighted by atomic mass is 9.48. The predicted octanol–water partition coefficient (Wildman–Crippen LogP) is -0.0678. The zero-order valence-electron chi connectivity index (χ0n) is 18.0. The van der Waals surface area contributed by atoms with Gasteiger partial charge >= 0.3 is 0 Å². The minimum Gasteiger partial charge on any atom is -0.392 e. The molecule has 1 amide bonds. The molecule has 8 nitrogen and oxygen atoms in total. The predicted molar refractivity (Wildman–Crippen MR) is 109 cm³/mol. The van der Waals surface area contributed by atoms with Crippen LogP contribution in [0.1, 0.15) is 58.3 Å². The van der Waals surface area contributed by atoms with E-state index in [1.165, 1.54) is 0 Å². The highest BCUT2D eigenvalue weighted by Crippen LogP contribution is 2.56. The molecule has 0 aromatic heterocycles. The van der Waals surface area contributed by atoms with E-state index in [9.17, 15) is 34.8 Å². The van der Waals surface area contributed by atoms with E-state index in [-0.39, 0.29) is 24.0 Å². The van der Waals surface area contributed by atoms with Crippen LogP contribution in [-0.4, -0.2) is 61.8 Å². The molecule has 0 spiro atoms. The summed E-state index contributed by atoms with van der Waals surface area (Å²) in [5.41, 5.74) is 3.13. The lowest BCUT2D eigenvalue weighted by Crippen LogP contribution is -2.72. The van der Waals surface area contributed by atoms with Gasteiger partial charge in [0.25, 0.3) is 0 Å². The molecule has 31 heavy (non-hydrogen) atoms. The van der Waals surface area contributed by atoms with E-state index in [4.69, 9.17) is 5.73 Å². The Kier molecular flexibility index (Phi) is 6.05. The number of primary amides is 1. The zero-order valence-corrected chi connectivity index (χ0v) is 18.0. The van der Waals surface area contributed by atoms with Crippen LogP contribution in [0.25, 0.3) is 0 Å². The van der Waals surface area contributed by atoms with Crippen molar-refractivity contribution in [3.8, 4) is 0 Å². The highest BCUT2D eigenvalue weighted by molar-refractivity contribution is 6.02. The summed E-state index contributed by atoms with van der Waals surface area (Å²) in [5, 5.41) is 44.0. The van der Waals surface area contributed by atoms with Crippen molar-refractivity contribution in [1.82, 2.24) is 0 Å². The van der Waals surface area contributed by atoms with Gasteiger partial charge in [0.15, 0.2) is 0 Å². The number of ketones is 2. The third-order valence-corrected chi connectivity index (χ3v) is 8.93. The third kappa shape index (κ3) is 3.37. The van der Waals surface area contributed by atoms with Gasteiger partial charge in [-0.05, 0) is 43.4 Å². The summed E-state index contributed by atoms with van der Waals surface area (Å²) in [6, 6.07) is 0. The summed E-state index contributed by atoms with van der Waals surface area (Å²) in [7, 11) is 0. The second-order valence-corrected chi connectivity index (χ2v) is 10.4. The quantitative estimate of drug-likeness (QED) is 0.385. The number of carbonyl (C=O) groups is 3. The molecule has 8 heteroatoms.